The summed E-state index contributed by atoms with van der Waals surface area (Å²) in [4.78, 5) is 19.9. The molecule has 1 aliphatic heterocycles. The maximum Gasteiger partial charge on any atom is 0.222 e. The van der Waals surface area contributed by atoms with E-state index >= 15 is 0 Å². The minimum atomic E-state index is 0.129. The van der Waals surface area contributed by atoms with E-state index in [1.54, 1.807) is 19.6 Å². The molecule has 11 heteroatoms. The zero-order valence-electron chi connectivity index (χ0n) is 21.0. The van der Waals surface area contributed by atoms with E-state index < -0.39 is 0 Å². The number of ether oxygens (including phenoxy) is 1. The molecule has 0 bridgehead atoms. The van der Waals surface area contributed by atoms with Crippen LogP contribution in [0.15, 0.2) is 29.1 Å². The molecule has 5 N–H and O–H groups in total. The first-order valence-electron chi connectivity index (χ1n) is 12.4. The third-order valence-electron chi connectivity index (χ3n) is 6.42. The maximum absolute atomic E-state index is 7.77. The highest BCUT2D eigenvalue weighted by molar-refractivity contribution is 5.88. The number of hydrogen-bond acceptors (Lipinski definition) is 11. The normalized spacial score (nSPS) is 14.5. The summed E-state index contributed by atoms with van der Waals surface area (Å²) in [7, 11) is 1.66. The lowest BCUT2D eigenvalue weighted by molar-refractivity contribution is 0.187. The Hall–Kier alpha value is -3.73. The second-order valence-electron chi connectivity index (χ2n) is 8.86. The van der Waals surface area contributed by atoms with Crippen LogP contribution in [0.1, 0.15) is 61.4 Å². The molecule has 3 aromatic rings. The monoisotopic (exact) mass is 493 g/mol. The van der Waals surface area contributed by atoms with Gasteiger partial charge in [0.25, 0.3) is 0 Å². The van der Waals surface area contributed by atoms with Crippen LogP contribution in [0.25, 0.3) is 0 Å². The number of nitrogens with zero attached hydrogens (tertiary/aromatic N) is 5. The molecule has 4 rings (SSSR count). The van der Waals surface area contributed by atoms with Crippen LogP contribution in [-0.2, 0) is 13.1 Å². The van der Waals surface area contributed by atoms with E-state index in [0.717, 1.165) is 69.2 Å². The Bertz CT molecular complexity index is 1130. The zero-order valence-corrected chi connectivity index (χ0v) is 21.0. The van der Waals surface area contributed by atoms with Crippen LogP contribution in [0.3, 0.4) is 0 Å². The Balaban J connectivity index is 1.42. The Morgan fingerprint density at radius 2 is 2.08 bits per heavy atom. The minimum Gasteiger partial charge on any atom is -0.495 e. The van der Waals surface area contributed by atoms with Gasteiger partial charge in [0.05, 0.1) is 26.4 Å². The van der Waals surface area contributed by atoms with Gasteiger partial charge in [0.1, 0.15) is 29.1 Å². The van der Waals surface area contributed by atoms with E-state index in [9.17, 15) is 0 Å². The van der Waals surface area contributed by atoms with Gasteiger partial charge in [0.2, 0.25) is 11.8 Å². The molecule has 3 aromatic heterocycles. The third kappa shape index (κ3) is 6.28. The number of rotatable bonds is 12. The van der Waals surface area contributed by atoms with Crippen LogP contribution in [0, 0.1) is 5.41 Å². The van der Waals surface area contributed by atoms with Crippen molar-refractivity contribution in [1.82, 2.24) is 24.8 Å². The molecule has 1 saturated heterocycles. The largest absolute Gasteiger partial charge is 0.495 e. The molecule has 0 aromatic carbocycles. The molecule has 36 heavy (non-hydrogen) atoms. The minimum absolute atomic E-state index is 0.129. The zero-order chi connectivity index (χ0) is 25.3. The summed E-state index contributed by atoms with van der Waals surface area (Å²) in [6.45, 7) is 5.99. The van der Waals surface area contributed by atoms with Gasteiger partial charge in [-0.1, -0.05) is 13.3 Å². The highest BCUT2D eigenvalue weighted by Crippen LogP contribution is 2.32. The van der Waals surface area contributed by atoms with Gasteiger partial charge in [0, 0.05) is 19.0 Å². The van der Waals surface area contributed by atoms with Crippen LogP contribution >= 0.6 is 0 Å². The molecule has 11 nitrogen and oxygen atoms in total. The molecule has 0 amide bonds. The van der Waals surface area contributed by atoms with Gasteiger partial charge in [-0.15, -0.1) is 0 Å². The topological polar surface area (TPSA) is 151 Å². The molecule has 4 heterocycles. The summed E-state index contributed by atoms with van der Waals surface area (Å²) < 4.78 is 11.1. The van der Waals surface area contributed by atoms with Gasteiger partial charge in [-0.3, -0.25) is 9.88 Å². The number of likely N-dealkylation sites (tertiary alicyclic amines) is 1. The van der Waals surface area contributed by atoms with Crippen molar-refractivity contribution >= 4 is 23.7 Å². The summed E-state index contributed by atoms with van der Waals surface area (Å²) in [5.41, 5.74) is 8.86. The summed E-state index contributed by atoms with van der Waals surface area (Å²) >= 11 is 0. The smallest absolute Gasteiger partial charge is 0.222 e. The van der Waals surface area contributed by atoms with Gasteiger partial charge < -0.3 is 30.9 Å². The van der Waals surface area contributed by atoms with Crippen molar-refractivity contribution in [1.29, 1.82) is 5.41 Å². The third-order valence-corrected chi connectivity index (χ3v) is 6.42. The van der Waals surface area contributed by atoms with Gasteiger partial charge in [-0.05, 0) is 49.9 Å². The van der Waals surface area contributed by atoms with E-state index in [1.807, 2.05) is 6.20 Å². The second kappa shape index (κ2) is 12.3. The van der Waals surface area contributed by atoms with Gasteiger partial charge in [0.15, 0.2) is 5.82 Å². The van der Waals surface area contributed by atoms with Crippen LogP contribution in [-0.4, -0.2) is 57.8 Å². The number of hydrogen-bond donors (Lipinski definition) is 4. The molecular formula is C25H35N9O2. The standard InChI is InChI=1S/C25H35N9O2/c1-3-4-7-29-24-23(19(13-26)32-25(27)33-24)31-15-20-21(35-2)12-18(14-30-20)17-5-9-34(10-6-17)16-22-28-8-11-36-22/h8,11-14,17,26,31H,3-7,9-10,15-16H2,1-2H3,(H3,27,29,32,33). The fourth-order valence-electron chi connectivity index (χ4n) is 4.43. The molecule has 0 saturated carbocycles. The summed E-state index contributed by atoms with van der Waals surface area (Å²) in [5.74, 6) is 2.63. The number of nitrogen functional groups attached to an aromatic ring is 1. The van der Waals surface area contributed by atoms with Crippen molar-refractivity contribution in [3.05, 3.63) is 47.6 Å². The van der Waals surface area contributed by atoms with E-state index in [-0.39, 0.29) is 5.95 Å². The summed E-state index contributed by atoms with van der Waals surface area (Å²) in [5, 5.41) is 14.4. The van der Waals surface area contributed by atoms with Crippen LogP contribution < -0.4 is 21.1 Å². The number of piperidine rings is 1. The number of unbranched alkanes of at least 4 members (excludes halogenated alkanes) is 1. The molecule has 0 unspecified atom stereocenters. The number of nitrogens with one attached hydrogen (secondary N) is 3. The lowest BCUT2D eigenvalue weighted by Gasteiger charge is -2.31. The van der Waals surface area contributed by atoms with Gasteiger partial charge >= 0.3 is 0 Å². The highest BCUT2D eigenvalue weighted by Gasteiger charge is 2.23. The van der Waals surface area contributed by atoms with Crippen molar-refractivity contribution in [2.75, 3.05) is 43.1 Å². The molecule has 1 fully saturated rings. The Labute approximate surface area is 211 Å². The Morgan fingerprint density at radius 3 is 2.78 bits per heavy atom. The lowest BCUT2D eigenvalue weighted by atomic mass is 9.90. The average molecular weight is 494 g/mol. The number of oxazole rings is 1. The van der Waals surface area contributed by atoms with Crippen LogP contribution in [0.2, 0.25) is 0 Å². The second-order valence-corrected chi connectivity index (χ2v) is 8.86. The summed E-state index contributed by atoms with van der Waals surface area (Å²) in [6.07, 6.45) is 10.6. The first-order valence-corrected chi connectivity index (χ1v) is 12.4. The van der Waals surface area contributed by atoms with Crippen molar-refractivity contribution < 1.29 is 9.15 Å². The number of pyridine rings is 1. The molecule has 0 spiro atoms. The highest BCUT2D eigenvalue weighted by atomic mass is 16.5. The first-order chi connectivity index (χ1) is 17.6. The molecule has 0 radical (unpaired) electrons. The maximum atomic E-state index is 7.77. The fourth-order valence-corrected chi connectivity index (χ4v) is 4.43. The number of methoxy groups -OCH3 is 1. The molecule has 1 aliphatic rings. The lowest BCUT2D eigenvalue weighted by Crippen LogP contribution is -2.32. The summed E-state index contributed by atoms with van der Waals surface area (Å²) in [6, 6.07) is 2.09. The fraction of sp³-hybridized carbons (Fsp3) is 0.480. The van der Waals surface area contributed by atoms with Gasteiger partial charge in [-0.25, -0.2) is 9.97 Å². The van der Waals surface area contributed by atoms with Crippen molar-refractivity contribution in [3.63, 3.8) is 0 Å². The average Bonchev–Trinajstić information content (AvgIpc) is 3.41. The molecule has 0 aliphatic carbocycles. The first kappa shape index (κ1) is 25.4. The number of anilines is 3. The predicted octanol–water partition coefficient (Wildman–Crippen LogP) is 3.65. The predicted molar refractivity (Wildman–Crippen MR) is 140 cm³/mol. The SMILES string of the molecule is CCCCNc1nc(N)nc(C=N)c1NCc1ncc(C2CCN(Cc3ncco3)CC2)cc1OC. The van der Waals surface area contributed by atoms with Crippen molar-refractivity contribution in [2.24, 2.45) is 0 Å². The van der Waals surface area contributed by atoms with E-state index in [1.165, 1.54) is 11.8 Å². The number of nitrogens with two attached hydrogens (primary N) is 1. The quantitative estimate of drug-likeness (QED) is 0.217. The van der Waals surface area contributed by atoms with E-state index in [2.05, 4.69) is 43.5 Å². The van der Waals surface area contributed by atoms with Gasteiger partial charge in [-0.2, -0.15) is 4.98 Å². The van der Waals surface area contributed by atoms with Crippen molar-refractivity contribution in [2.45, 2.75) is 51.6 Å². The molecule has 192 valence electrons. The number of aromatic nitrogens is 4. The Kier molecular flexibility index (Phi) is 8.66. The van der Waals surface area contributed by atoms with E-state index in [0.29, 0.717) is 29.7 Å². The Morgan fingerprint density at radius 1 is 1.25 bits per heavy atom. The van der Waals surface area contributed by atoms with E-state index in [4.69, 9.17) is 25.3 Å². The van der Waals surface area contributed by atoms with Crippen LogP contribution in [0.5, 0.6) is 5.75 Å². The molecule has 0 atom stereocenters. The van der Waals surface area contributed by atoms with Crippen LogP contribution in [0.4, 0.5) is 17.5 Å². The molecular weight excluding hydrogens is 458 g/mol. The van der Waals surface area contributed by atoms with Crippen molar-refractivity contribution in [3.8, 4) is 5.75 Å².